The zero-order valence-electron chi connectivity index (χ0n) is 15.1. The molecule has 1 aliphatic rings. The Balaban J connectivity index is 1.60. The minimum atomic E-state index is 0.0462. The van der Waals surface area contributed by atoms with Gasteiger partial charge >= 0.3 is 0 Å². The Kier molecular flexibility index (Phi) is 6.08. The average Bonchev–Trinajstić information content (AvgIpc) is 3.42. The van der Waals surface area contributed by atoms with E-state index in [1.807, 2.05) is 18.3 Å². The molecule has 144 valence electrons. The summed E-state index contributed by atoms with van der Waals surface area (Å²) in [5.74, 6) is 1.62. The topological polar surface area (TPSA) is 85.2 Å². The fraction of sp³-hybridized carbons (Fsp3) is 0.474. The highest BCUT2D eigenvalue weighted by Gasteiger charge is 2.23. The van der Waals surface area contributed by atoms with Crippen LogP contribution in [0.3, 0.4) is 0 Å². The van der Waals surface area contributed by atoms with E-state index in [9.17, 15) is 0 Å². The fourth-order valence-electron chi connectivity index (χ4n) is 3.37. The Labute approximate surface area is 162 Å². The largest absolute Gasteiger partial charge is 0.394 e. The molecule has 0 saturated carbocycles. The first-order chi connectivity index (χ1) is 13.4. The second kappa shape index (κ2) is 8.88. The lowest BCUT2D eigenvalue weighted by Gasteiger charge is -2.14. The van der Waals surface area contributed by atoms with Crippen molar-refractivity contribution >= 4 is 22.7 Å². The second-order valence-electron chi connectivity index (χ2n) is 6.48. The van der Waals surface area contributed by atoms with Crippen molar-refractivity contribution in [3.8, 4) is 11.4 Å². The van der Waals surface area contributed by atoms with E-state index in [0.29, 0.717) is 13.2 Å². The van der Waals surface area contributed by atoms with Gasteiger partial charge in [-0.25, -0.2) is 0 Å². The molecule has 0 radical (unpaired) electrons. The molecular weight excluding hydrogens is 364 g/mol. The second-order valence-corrected chi connectivity index (χ2v) is 7.55. The molecule has 0 spiro atoms. The Morgan fingerprint density at radius 3 is 3.07 bits per heavy atom. The van der Waals surface area contributed by atoms with E-state index < -0.39 is 0 Å². The molecule has 3 aromatic rings. The number of H-pyrrole nitrogens is 1. The minimum absolute atomic E-state index is 0.0462. The third-order valence-corrected chi connectivity index (χ3v) is 5.58. The van der Waals surface area contributed by atoms with Crippen molar-refractivity contribution in [3.05, 3.63) is 30.5 Å². The smallest absolute Gasteiger partial charge is 0.191 e. The molecule has 2 N–H and O–H groups in total. The van der Waals surface area contributed by atoms with Gasteiger partial charge in [0.1, 0.15) is 0 Å². The number of rotatable bonds is 9. The average molecular weight is 388 g/mol. The zero-order chi connectivity index (χ0) is 18.5. The number of fused-ring (bicyclic) bond motifs is 1. The summed E-state index contributed by atoms with van der Waals surface area (Å²) < 4.78 is 13.4. The molecule has 3 heterocycles. The summed E-state index contributed by atoms with van der Waals surface area (Å²) in [6.07, 6.45) is 4.37. The van der Waals surface area contributed by atoms with Crippen LogP contribution < -0.4 is 0 Å². The number of benzene rings is 1. The van der Waals surface area contributed by atoms with E-state index >= 15 is 0 Å². The Hall–Kier alpha value is -1.87. The van der Waals surface area contributed by atoms with Crippen LogP contribution in [0.1, 0.15) is 12.8 Å². The van der Waals surface area contributed by atoms with Crippen LogP contribution in [0.15, 0.2) is 35.6 Å². The summed E-state index contributed by atoms with van der Waals surface area (Å²) in [6, 6.07) is 8.22. The van der Waals surface area contributed by atoms with Crippen LogP contribution in [0.25, 0.3) is 22.3 Å². The van der Waals surface area contributed by atoms with Crippen LogP contribution in [-0.2, 0) is 16.0 Å². The Bertz CT molecular complexity index is 873. The summed E-state index contributed by atoms with van der Waals surface area (Å²) in [4.78, 5) is 3.32. The molecule has 1 aliphatic heterocycles. The molecule has 8 heteroatoms. The van der Waals surface area contributed by atoms with Crippen molar-refractivity contribution in [1.82, 2.24) is 19.7 Å². The van der Waals surface area contributed by atoms with Gasteiger partial charge in [-0.1, -0.05) is 30.0 Å². The minimum Gasteiger partial charge on any atom is -0.394 e. The number of nitrogens with zero attached hydrogens (tertiary/aromatic N) is 3. The number of ether oxygens (including phenoxy) is 2. The standard InChI is InChI=1S/C19H24N4O3S/c24-7-9-25-10-11-27-19-22-21-18(23(19)13-14-4-3-8-26-14)16-12-20-17-6-2-1-5-15(16)17/h1-2,5-6,12,14,20,24H,3-4,7-11,13H2. The highest BCUT2D eigenvalue weighted by atomic mass is 32.2. The molecule has 1 saturated heterocycles. The highest BCUT2D eigenvalue weighted by Crippen LogP contribution is 2.31. The molecule has 2 aromatic heterocycles. The van der Waals surface area contributed by atoms with Gasteiger partial charge in [0.05, 0.1) is 32.5 Å². The number of nitrogens with one attached hydrogen (secondary N) is 1. The fourth-order valence-corrected chi connectivity index (χ4v) is 4.17. The SMILES string of the molecule is OCCOCCSc1nnc(-c2c[nH]c3ccccc23)n1CC1CCCO1. The lowest BCUT2D eigenvalue weighted by Crippen LogP contribution is -2.17. The van der Waals surface area contributed by atoms with E-state index in [4.69, 9.17) is 14.6 Å². The lowest BCUT2D eigenvalue weighted by molar-refractivity contribution is 0.0952. The summed E-state index contributed by atoms with van der Waals surface area (Å²) >= 11 is 1.62. The number of para-hydroxylation sites is 1. The van der Waals surface area contributed by atoms with E-state index in [1.165, 1.54) is 0 Å². The van der Waals surface area contributed by atoms with Crippen molar-refractivity contribution in [2.45, 2.75) is 30.6 Å². The molecule has 0 aliphatic carbocycles. The number of hydrogen-bond donors (Lipinski definition) is 2. The molecule has 27 heavy (non-hydrogen) atoms. The van der Waals surface area contributed by atoms with Gasteiger partial charge in [0.25, 0.3) is 0 Å². The molecule has 4 rings (SSSR count). The van der Waals surface area contributed by atoms with Crippen LogP contribution in [-0.4, -0.2) is 63.1 Å². The van der Waals surface area contributed by atoms with E-state index in [-0.39, 0.29) is 12.7 Å². The van der Waals surface area contributed by atoms with Crippen molar-refractivity contribution in [1.29, 1.82) is 0 Å². The lowest BCUT2D eigenvalue weighted by atomic mass is 10.1. The maximum atomic E-state index is 8.81. The number of thioether (sulfide) groups is 1. The summed E-state index contributed by atoms with van der Waals surface area (Å²) in [7, 11) is 0. The van der Waals surface area contributed by atoms with Crippen molar-refractivity contribution in [2.75, 3.05) is 32.2 Å². The first-order valence-electron chi connectivity index (χ1n) is 9.29. The quantitative estimate of drug-likeness (QED) is 0.433. The predicted molar refractivity (Wildman–Crippen MR) is 105 cm³/mol. The van der Waals surface area contributed by atoms with Crippen LogP contribution in [0.4, 0.5) is 0 Å². The maximum Gasteiger partial charge on any atom is 0.191 e. The number of aliphatic hydroxyl groups is 1. The first kappa shape index (κ1) is 18.5. The number of aliphatic hydroxyl groups excluding tert-OH is 1. The summed E-state index contributed by atoms with van der Waals surface area (Å²) in [5, 5.41) is 19.8. The third kappa shape index (κ3) is 4.19. The Morgan fingerprint density at radius 2 is 2.22 bits per heavy atom. The summed E-state index contributed by atoms with van der Waals surface area (Å²) in [5.41, 5.74) is 2.14. The van der Waals surface area contributed by atoms with Crippen molar-refractivity contribution in [3.63, 3.8) is 0 Å². The van der Waals surface area contributed by atoms with Crippen LogP contribution in [0, 0.1) is 0 Å². The summed E-state index contributed by atoms with van der Waals surface area (Å²) in [6.45, 7) is 2.56. The van der Waals surface area contributed by atoms with Crippen LogP contribution in [0.5, 0.6) is 0 Å². The maximum absolute atomic E-state index is 8.81. The number of hydrogen-bond acceptors (Lipinski definition) is 6. The van der Waals surface area contributed by atoms with E-state index in [1.54, 1.807) is 11.8 Å². The molecule has 1 unspecified atom stereocenters. The number of aromatic nitrogens is 4. The van der Waals surface area contributed by atoms with Gasteiger partial charge in [0.15, 0.2) is 11.0 Å². The normalized spacial score (nSPS) is 17.1. The predicted octanol–water partition coefficient (Wildman–Crippen LogP) is 2.71. The van der Waals surface area contributed by atoms with E-state index in [2.05, 4.69) is 31.9 Å². The molecule has 0 bridgehead atoms. The van der Waals surface area contributed by atoms with Crippen molar-refractivity contribution < 1.29 is 14.6 Å². The molecule has 1 atom stereocenters. The molecule has 0 amide bonds. The number of aromatic amines is 1. The van der Waals surface area contributed by atoms with Crippen LogP contribution >= 0.6 is 11.8 Å². The van der Waals surface area contributed by atoms with Gasteiger partial charge in [-0.3, -0.25) is 4.57 Å². The Morgan fingerprint density at radius 1 is 1.30 bits per heavy atom. The van der Waals surface area contributed by atoms with E-state index in [0.717, 1.165) is 59.2 Å². The monoisotopic (exact) mass is 388 g/mol. The third-order valence-electron chi connectivity index (χ3n) is 4.65. The van der Waals surface area contributed by atoms with Gasteiger partial charge in [0.2, 0.25) is 0 Å². The highest BCUT2D eigenvalue weighted by molar-refractivity contribution is 7.99. The zero-order valence-corrected chi connectivity index (χ0v) is 16.0. The van der Waals surface area contributed by atoms with Crippen LogP contribution in [0.2, 0.25) is 0 Å². The van der Waals surface area contributed by atoms with Crippen molar-refractivity contribution in [2.24, 2.45) is 0 Å². The van der Waals surface area contributed by atoms with Gasteiger partial charge in [-0.2, -0.15) is 0 Å². The molecular formula is C19H24N4O3S. The van der Waals surface area contributed by atoms with Gasteiger partial charge in [-0.05, 0) is 18.9 Å². The molecule has 1 fully saturated rings. The van der Waals surface area contributed by atoms with Gasteiger partial charge < -0.3 is 19.6 Å². The molecule has 1 aromatic carbocycles. The first-order valence-corrected chi connectivity index (χ1v) is 10.3. The van der Waals surface area contributed by atoms with Gasteiger partial charge in [0, 0.05) is 35.0 Å². The molecule has 7 nitrogen and oxygen atoms in total. The van der Waals surface area contributed by atoms with Gasteiger partial charge in [-0.15, -0.1) is 10.2 Å².